The minimum atomic E-state index is -1.25. The van der Waals surface area contributed by atoms with Crippen molar-refractivity contribution < 1.29 is 43.1 Å². The number of nitrogens with zero attached hydrogens (tertiary/aromatic N) is 1. The molecule has 1 heterocycles. The van der Waals surface area contributed by atoms with Gasteiger partial charge in [-0.1, -0.05) is 0 Å². The Morgan fingerprint density at radius 3 is 2.56 bits per heavy atom. The Kier molecular flexibility index (Phi) is 8.24. The summed E-state index contributed by atoms with van der Waals surface area (Å²) in [7, 11) is 0. The molecule has 4 N–H and O–H groups in total. The van der Waals surface area contributed by atoms with Gasteiger partial charge in [-0.3, -0.25) is 24.8 Å². The summed E-state index contributed by atoms with van der Waals surface area (Å²) in [5.74, 6) is -2.19. The summed E-state index contributed by atoms with van der Waals surface area (Å²) >= 11 is 0. The summed E-state index contributed by atoms with van der Waals surface area (Å²) < 4.78 is 19.1. The third kappa shape index (κ3) is 7.45. The minimum absolute atomic E-state index is 0.0528. The molecule has 1 rings (SSSR count). The molecule has 0 saturated carbocycles. The highest BCUT2D eigenvalue weighted by atomic mass is 17.1. The Morgan fingerprint density at radius 1 is 1.32 bits per heavy atom. The largest absolute Gasteiger partial charge is 0.519 e. The zero-order chi connectivity index (χ0) is 19.0. The van der Waals surface area contributed by atoms with Crippen molar-refractivity contribution in [2.24, 2.45) is 5.73 Å². The molecule has 1 aromatic heterocycles. The number of carbonyl (C=O) groups excluding carboxylic acids is 2. The van der Waals surface area contributed by atoms with Gasteiger partial charge in [-0.15, -0.1) is 0 Å². The number of carbonyl (C=O) groups is 2. The van der Waals surface area contributed by atoms with Crippen molar-refractivity contribution in [3.8, 4) is 0 Å². The van der Waals surface area contributed by atoms with Crippen LogP contribution in [-0.4, -0.2) is 46.5 Å². The summed E-state index contributed by atoms with van der Waals surface area (Å²) in [5, 5.41) is 16.1. The van der Waals surface area contributed by atoms with Crippen LogP contribution in [0.25, 0.3) is 0 Å². The van der Waals surface area contributed by atoms with Gasteiger partial charge >= 0.3 is 17.8 Å². The number of aryl methyl sites for hydroxylation is 1. The summed E-state index contributed by atoms with van der Waals surface area (Å²) in [6, 6.07) is -1.25. The van der Waals surface area contributed by atoms with Crippen molar-refractivity contribution in [1.29, 1.82) is 0 Å². The van der Waals surface area contributed by atoms with Crippen LogP contribution in [0.15, 0.2) is 13.6 Å². The molecule has 0 fully saturated rings. The molecule has 0 amide bonds. The molecule has 12 heteroatoms. The van der Waals surface area contributed by atoms with Gasteiger partial charge in [-0.25, -0.2) is 4.79 Å². The van der Waals surface area contributed by atoms with Crippen molar-refractivity contribution in [3.63, 3.8) is 0 Å². The van der Waals surface area contributed by atoms with E-state index in [4.69, 9.17) is 25.6 Å². The fourth-order valence-corrected chi connectivity index (χ4v) is 1.63. The maximum atomic E-state index is 11.8. The zero-order valence-corrected chi connectivity index (χ0v) is 13.7. The predicted molar refractivity (Wildman–Crippen MR) is 75.9 cm³/mol. The average molecular weight is 364 g/mol. The monoisotopic (exact) mass is 364 g/mol. The van der Waals surface area contributed by atoms with Crippen LogP contribution in [0.3, 0.4) is 0 Å². The van der Waals surface area contributed by atoms with Crippen molar-refractivity contribution in [2.75, 3.05) is 6.61 Å². The third-order valence-corrected chi connectivity index (χ3v) is 3.01. The SMILES string of the molecule is Cc1oc(=O)oc1COC(=O)C(N)C(C)OC(=O)CCCON(O)O. The minimum Gasteiger partial charge on any atom is -0.460 e. The summed E-state index contributed by atoms with van der Waals surface area (Å²) in [5.41, 5.74) is 5.65. The van der Waals surface area contributed by atoms with Crippen molar-refractivity contribution in [1.82, 2.24) is 5.39 Å². The Balaban J connectivity index is 2.35. The van der Waals surface area contributed by atoms with Crippen LogP contribution in [0.5, 0.6) is 0 Å². The number of ether oxygens (including phenoxy) is 2. The highest BCUT2D eigenvalue weighted by Gasteiger charge is 2.26. The number of rotatable bonds is 10. The number of hydrogen-bond acceptors (Lipinski definition) is 12. The van der Waals surface area contributed by atoms with E-state index in [0.717, 1.165) is 0 Å². The molecular weight excluding hydrogens is 344 g/mol. The molecule has 0 bridgehead atoms. The summed E-state index contributed by atoms with van der Waals surface area (Å²) in [6.07, 6.45) is -0.897. The molecular formula is C13H20N2O10. The zero-order valence-electron chi connectivity index (χ0n) is 13.7. The van der Waals surface area contributed by atoms with Gasteiger partial charge in [0.1, 0.15) is 12.1 Å². The quantitative estimate of drug-likeness (QED) is 0.279. The van der Waals surface area contributed by atoms with E-state index in [9.17, 15) is 14.4 Å². The second-order valence-electron chi connectivity index (χ2n) is 4.95. The molecule has 0 saturated heterocycles. The van der Waals surface area contributed by atoms with Crippen LogP contribution in [0, 0.1) is 6.92 Å². The fraction of sp³-hybridized carbons (Fsp3) is 0.615. The maximum Gasteiger partial charge on any atom is 0.519 e. The summed E-state index contributed by atoms with van der Waals surface area (Å²) in [4.78, 5) is 38.5. The van der Waals surface area contributed by atoms with Crippen LogP contribution < -0.4 is 11.6 Å². The van der Waals surface area contributed by atoms with E-state index in [0.29, 0.717) is 0 Å². The first-order valence-corrected chi connectivity index (χ1v) is 7.22. The van der Waals surface area contributed by atoms with Crippen LogP contribution in [0.4, 0.5) is 0 Å². The molecule has 1 aromatic rings. The van der Waals surface area contributed by atoms with E-state index in [2.05, 4.69) is 13.7 Å². The molecule has 2 unspecified atom stereocenters. The first-order valence-electron chi connectivity index (χ1n) is 7.22. The maximum absolute atomic E-state index is 11.8. The molecule has 0 aromatic carbocycles. The molecule has 0 aliphatic rings. The number of esters is 2. The first kappa shape index (κ1) is 20.8. The molecule has 12 nitrogen and oxygen atoms in total. The Bertz CT molecular complexity index is 623. The Hall–Kier alpha value is -2.25. The summed E-state index contributed by atoms with van der Waals surface area (Å²) in [6.45, 7) is 2.41. The average Bonchev–Trinajstić information content (AvgIpc) is 2.85. The molecule has 0 spiro atoms. The fourth-order valence-electron chi connectivity index (χ4n) is 1.63. The van der Waals surface area contributed by atoms with E-state index < -0.39 is 35.3 Å². The predicted octanol–water partition coefficient (Wildman–Crippen LogP) is -0.364. The number of hydrogen-bond donors (Lipinski definition) is 3. The first-order chi connectivity index (χ1) is 11.7. The smallest absolute Gasteiger partial charge is 0.460 e. The molecule has 0 aliphatic heterocycles. The van der Waals surface area contributed by atoms with Gasteiger partial charge in [0.05, 0.1) is 12.0 Å². The van der Waals surface area contributed by atoms with Crippen LogP contribution in [0.1, 0.15) is 31.3 Å². The molecule has 0 aliphatic carbocycles. The van der Waals surface area contributed by atoms with Crippen LogP contribution in [-0.2, 0) is 30.5 Å². The normalized spacial score (nSPS) is 13.5. The lowest BCUT2D eigenvalue weighted by Crippen LogP contribution is -2.43. The highest BCUT2D eigenvalue weighted by Crippen LogP contribution is 2.08. The van der Waals surface area contributed by atoms with Gasteiger partial charge < -0.3 is 24.0 Å². The van der Waals surface area contributed by atoms with E-state index in [-0.39, 0.29) is 37.6 Å². The molecule has 25 heavy (non-hydrogen) atoms. The van der Waals surface area contributed by atoms with Crippen LogP contribution >= 0.6 is 0 Å². The van der Waals surface area contributed by atoms with E-state index in [1.807, 2.05) is 0 Å². The van der Waals surface area contributed by atoms with E-state index >= 15 is 0 Å². The van der Waals surface area contributed by atoms with Crippen molar-refractivity contribution in [2.45, 2.75) is 45.4 Å². The standard InChI is InChI=1S/C13H20N2O10/c1-7-9(25-13(18)24-7)6-21-12(17)11(14)8(2)23-10(16)4-3-5-22-15(19)20/h8,11,19-20H,3-6,14H2,1-2H3. The molecule has 142 valence electrons. The third-order valence-electron chi connectivity index (χ3n) is 3.01. The Labute approximate surface area is 141 Å². The molecule has 2 atom stereocenters. The van der Waals surface area contributed by atoms with Gasteiger partial charge in [0.25, 0.3) is 0 Å². The lowest BCUT2D eigenvalue weighted by Gasteiger charge is -2.19. The lowest BCUT2D eigenvalue weighted by atomic mass is 10.2. The Morgan fingerprint density at radius 2 is 2.00 bits per heavy atom. The number of nitrogens with two attached hydrogens (primary N) is 1. The van der Waals surface area contributed by atoms with E-state index in [1.54, 1.807) is 0 Å². The van der Waals surface area contributed by atoms with Crippen LogP contribution in [0.2, 0.25) is 0 Å². The second kappa shape index (κ2) is 9.90. The lowest BCUT2D eigenvalue weighted by molar-refractivity contribution is -0.492. The van der Waals surface area contributed by atoms with Crippen molar-refractivity contribution >= 4 is 11.9 Å². The van der Waals surface area contributed by atoms with Crippen molar-refractivity contribution in [3.05, 3.63) is 22.1 Å². The van der Waals surface area contributed by atoms with Gasteiger partial charge in [0, 0.05) is 6.42 Å². The van der Waals surface area contributed by atoms with Gasteiger partial charge in [-0.05, 0) is 20.3 Å². The van der Waals surface area contributed by atoms with Gasteiger partial charge in [-0.2, -0.15) is 0 Å². The van der Waals surface area contributed by atoms with Gasteiger partial charge in [0.15, 0.2) is 18.1 Å². The molecule has 0 radical (unpaired) electrons. The topological polar surface area (TPSA) is 175 Å². The second-order valence-corrected chi connectivity index (χ2v) is 4.95. The van der Waals surface area contributed by atoms with Gasteiger partial charge in [0.2, 0.25) is 0 Å². The van der Waals surface area contributed by atoms with E-state index in [1.165, 1.54) is 13.8 Å². The highest BCUT2D eigenvalue weighted by molar-refractivity contribution is 5.77.